The first-order valence-corrected chi connectivity index (χ1v) is 6.70. The standard InChI is InChI=1S/C16H13ClN2O/c1-10-5-3-4-6-15(10)19-11(2)18-14-9-12(17)7-8-13(14)16(19)20/h3-9H,1-2H3. The second kappa shape index (κ2) is 4.76. The van der Waals surface area contributed by atoms with E-state index < -0.39 is 0 Å². The Balaban J connectivity index is 2.41. The Labute approximate surface area is 121 Å². The van der Waals surface area contributed by atoms with Gasteiger partial charge in [0.25, 0.3) is 5.56 Å². The summed E-state index contributed by atoms with van der Waals surface area (Å²) in [6.07, 6.45) is 0. The Kier molecular flexibility index (Phi) is 3.07. The van der Waals surface area contributed by atoms with Gasteiger partial charge < -0.3 is 0 Å². The van der Waals surface area contributed by atoms with Crippen molar-refractivity contribution in [2.45, 2.75) is 13.8 Å². The predicted octanol–water partition coefficient (Wildman–Crippen LogP) is 3.66. The van der Waals surface area contributed by atoms with Crippen LogP contribution in [0.2, 0.25) is 5.02 Å². The molecule has 0 unspecified atom stereocenters. The summed E-state index contributed by atoms with van der Waals surface area (Å²) in [7, 11) is 0. The molecule has 0 atom stereocenters. The van der Waals surface area contributed by atoms with Gasteiger partial charge in [0.15, 0.2) is 0 Å². The molecule has 4 heteroatoms. The molecule has 0 fully saturated rings. The molecule has 3 nitrogen and oxygen atoms in total. The molecule has 0 spiro atoms. The van der Waals surface area contributed by atoms with Crippen molar-refractivity contribution in [1.29, 1.82) is 0 Å². The molecule has 3 aromatic rings. The Bertz CT molecular complexity index is 868. The summed E-state index contributed by atoms with van der Waals surface area (Å²) in [5.74, 6) is 0.652. The lowest BCUT2D eigenvalue weighted by atomic mass is 10.2. The highest BCUT2D eigenvalue weighted by molar-refractivity contribution is 6.31. The number of benzene rings is 2. The van der Waals surface area contributed by atoms with Crippen LogP contribution in [0, 0.1) is 13.8 Å². The van der Waals surface area contributed by atoms with Crippen LogP contribution < -0.4 is 5.56 Å². The van der Waals surface area contributed by atoms with E-state index in [1.165, 1.54) is 0 Å². The fourth-order valence-electron chi connectivity index (χ4n) is 2.37. The SMILES string of the molecule is Cc1ccccc1-n1c(C)nc2cc(Cl)ccc2c1=O. The van der Waals surface area contributed by atoms with Crippen molar-refractivity contribution in [1.82, 2.24) is 9.55 Å². The molecular weight excluding hydrogens is 272 g/mol. The lowest BCUT2D eigenvalue weighted by molar-refractivity contribution is 0.888. The molecule has 20 heavy (non-hydrogen) atoms. The fraction of sp³-hybridized carbons (Fsp3) is 0.125. The minimum absolute atomic E-state index is 0.0709. The van der Waals surface area contributed by atoms with Gasteiger partial charge in [-0.2, -0.15) is 0 Å². The molecule has 0 amide bonds. The maximum Gasteiger partial charge on any atom is 0.265 e. The van der Waals surface area contributed by atoms with E-state index in [4.69, 9.17) is 11.6 Å². The van der Waals surface area contributed by atoms with Crippen LogP contribution in [-0.2, 0) is 0 Å². The number of hydrogen-bond acceptors (Lipinski definition) is 2. The molecule has 0 aliphatic carbocycles. The Morgan fingerprint density at radius 2 is 1.85 bits per heavy atom. The number of para-hydroxylation sites is 1. The molecule has 0 saturated heterocycles. The molecule has 1 heterocycles. The van der Waals surface area contributed by atoms with E-state index in [1.807, 2.05) is 38.1 Å². The molecule has 0 bridgehead atoms. The molecule has 0 aliphatic heterocycles. The van der Waals surface area contributed by atoms with Gasteiger partial charge in [0, 0.05) is 5.02 Å². The van der Waals surface area contributed by atoms with Crippen LogP contribution in [0.25, 0.3) is 16.6 Å². The predicted molar refractivity (Wildman–Crippen MR) is 81.8 cm³/mol. The van der Waals surface area contributed by atoms with Gasteiger partial charge in [-0.05, 0) is 43.7 Å². The van der Waals surface area contributed by atoms with Crippen LogP contribution >= 0.6 is 11.6 Å². The average Bonchev–Trinajstić information content (AvgIpc) is 2.40. The zero-order valence-corrected chi connectivity index (χ0v) is 12.0. The Morgan fingerprint density at radius 1 is 1.10 bits per heavy atom. The molecule has 2 aromatic carbocycles. The van der Waals surface area contributed by atoms with E-state index >= 15 is 0 Å². The van der Waals surface area contributed by atoms with Crippen LogP contribution in [0.15, 0.2) is 47.3 Å². The fourth-order valence-corrected chi connectivity index (χ4v) is 2.53. The largest absolute Gasteiger partial charge is 0.268 e. The number of fused-ring (bicyclic) bond motifs is 1. The number of aryl methyl sites for hydroxylation is 2. The van der Waals surface area contributed by atoms with Crippen LogP contribution in [0.4, 0.5) is 0 Å². The topological polar surface area (TPSA) is 34.9 Å². The summed E-state index contributed by atoms with van der Waals surface area (Å²) in [6.45, 7) is 3.81. The average molecular weight is 285 g/mol. The van der Waals surface area contributed by atoms with Gasteiger partial charge >= 0.3 is 0 Å². The summed E-state index contributed by atoms with van der Waals surface area (Å²) >= 11 is 5.96. The summed E-state index contributed by atoms with van der Waals surface area (Å²) in [5.41, 5.74) is 2.45. The second-order valence-corrected chi connectivity index (χ2v) is 5.18. The molecule has 100 valence electrons. The van der Waals surface area contributed by atoms with Gasteiger partial charge in [-0.15, -0.1) is 0 Å². The van der Waals surface area contributed by atoms with Crippen molar-refractivity contribution in [3.63, 3.8) is 0 Å². The smallest absolute Gasteiger partial charge is 0.265 e. The van der Waals surface area contributed by atoms with E-state index in [-0.39, 0.29) is 5.56 Å². The first-order valence-electron chi connectivity index (χ1n) is 6.33. The number of nitrogens with zero attached hydrogens (tertiary/aromatic N) is 2. The van der Waals surface area contributed by atoms with E-state index in [0.717, 1.165) is 11.3 Å². The summed E-state index contributed by atoms with van der Waals surface area (Å²) in [4.78, 5) is 17.2. The van der Waals surface area contributed by atoms with Crippen molar-refractivity contribution in [3.05, 3.63) is 69.2 Å². The first-order chi connectivity index (χ1) is 9.58. The molecule has 0 saturated carbocycles. The molecule has 1 aromatic heterocycles. The quantitative estimate of drug-likeness (QED) is 0.683. The van der Waals surface area contributed by atoms with Crippen molar-refractivity contribution in [3.8, 4) is 5.69 Å². The maximum atomic E-state index is 12.7. The molecule has 0 radical (unpaired) electrons. The zero-order chi connectivity index (χ0) is 14.3. The number of aromatic nitrogens is 2. The highest BCUT2D eigenvalue weighted by Gasteiger charge is 2.11. The van der Waals surface area contributed by atoms with Gasteiger partial charge in [0.2, 0.25) is 0 Å². The van der Waals surface area contributed by atoms with Crippen LogP contribution in [0.3, 0.4) is 0 Å². The molecule has 0 N–H and O–H groups in total. The third kappa shape index (κ3) is 2.00. The van der Waals surface area contributed by atoms with Crippen LogP contribution in [0.1, 0.15) is 11.4 Å². The normalized spacial score (nSPS) is 10.9. The number of halogens is 1. The second-order valence-electron chi connectivity index (χ2n) is 4.75. The monoisotopic (exact) mass is 284 g/mol. The van der Waals surface area contributed by atoms with E-state index in [2.05, 4.69) is 4.98 Å². The van der Waals surface area contributed by atoms with Gasteiger partial charge in [-0.25, -0.2) is 4.98 Å². The van der Waals surface area contributed by atoms with Gasteiger partial charge in [0.1, 0.15) is 5.82 Å². The van der Waals surface area contributed by atoms with E-state index in [9.17, 15) is 4.79 Å². The van der Waals surface area contributed by atoms with Crippen molar-refractivity contribution in [2.75, 3.05) is 0 Å². The summed E-state index contributed by atoms with van der Waals surface area (Å²) in [6, 6.07) is 12.9. The highest BCUT2D eigenvalue weighted by Crippen LogP contribution is 2.18. The molecule has 0 aliphatic rings. The van der Waals surface area contributed by atoms with Crippen molar-refractivity contribution < 1.29 is 0 Å². The van der Waals surface area contributed by atoms with Gasteiger partial charge in [-0.3, -0.25) is 9.36 Å². The Morgan fingerprint density at radius 3 is 2.60 bits per heavy atom. The minimum atomic E-state index is -0.0709. The molecule has 3 rings (SSSR count). The summed E-state index contributed by atoms with van der Waals surface area (Å²) in [5, 5.41) is 1.15. The number of rotatable bonds is 1. The van der Waals surface area contributed by atoms with Crippen molar-refractivity contribution in [2.24, 2.45) is 0 Å². The lowest BCUT2D eigenvalue weighted by Gasteiger charge is -2.13. The summed E-state index contributed by atoms with van der Waals surface area (Å²) < 4.78 is 1.64. The first kappa shape index (κ1) is 12.9. The lowest BCUT2D eigenvalue weighted by Crippen LogP contribution is -2.22. The third-order valence-electron chi connectivity index (χ3n) is 3.36. The number of hydrogen-bond donors (Lipinski definition) is 0. The van der Waals surface area contributed by atoms with E-state index in [0.29, 0.717) is 21.7 Å². The maximum absolute atomic E-state index is 12.7. The third-order valence-corrected chi connectivity index (χ3v) is 3.59. The van der Waals surface area contributed by atoms with Crippen LogP contribution in [-0.4, -0.2) is 9.55 Å². The molecular formula is C16H13ClN2O. The van der Waals surface area contributed by atoms with Crippen LogP contribution in [0.5, 0.6) is 0 Å². The Hall–Kier alpha value is -2.13. The van der Waals surface area contributed by atoms with Gasteiger partial charge in [0.05, 0.1) is 16.6 Å². The highest BCUT2D eigenvalue weighted by atomic mass is 35.5. The zero-order valence-electron chi connectivity index (χ0n) is 11.2. The van der Waals surface area contributed by atoms with Gasteiger partial charge in [-0.1, -0.05) is 29.8 Å². The van der Waals surface area contributed by atoms with Crippen molar-refractivity contribution >= 4 is 22.5 Å². The minimum Gasteiger partial charge on any atom is -0.268 e. The van der Waals surface area contributed by atoms with E-state index in [1.54, 1.807) is 22.8 Å².